The number of rotatable bonds is 4. The van der Waals surface area contributed by atoms with Crippen molar-refractivity contribution in [3.8, 4) is 5.75 Å². The smallest absolute Gasteiger partial charge is 0.342 e. The van der Waals surface area contributed by atoms with E-state index in [-0.39, 0.29) is 18.3 Å². The monoisotopic (exact) mass is 255 g/mol. The molecule has 0 bridgehead atoms. The number of pyridine rings is 1. The van der Waals surface area contributed by atoms with Gasteiger partial charge in [0, 0.05) is 12.5 Å². The molecule has 0 spiro atoms. The molecule has 18 heavy (non-hydrogen) atoms. The van der Waals surface area contributed by atoms with Crippen molar-refractivity contribution in [2.75, 3.05) is 19.8 Å². The molecule has 1 aliphatic rings. The van der Waals surface area contributed by atoms with Gasteiger partial charge >= 0.3 is 5.97 Å². The molecule has 1 aromatic rings. The van der Waals surface area contributed by atoms with Gasteiger partial charge in [0.25, 0.3) is 0 Å². The van der Waals surface area contributed by atoms with Gasteiger partial charge in [-0.1, -0.05) is 0 Å². The maximum Gasteiger partial charge on any atom is 0.342 e. The first-order chi connectivity index (χ1) is 8.70. The molecule has 98 valence electrons. The van der Waals surface area contributed by atoms with Crippen molar-refractivity contribution >= 4 is 5.97 Å². The van der Waals surface area contributed by atoms with Crippen LogP contribution in [-0.2, 0) is 9.47 Å². The first-order valence-electron chi connectivity index (χ1n) is 5.77. The zero-order valence-electron chi connectivity index (χ0n) is 10.0. The van der Waals surface area contributed by atoms with Gasteiger partial charge in [0.1, 0.15) is 17.4 Å². The average molecular weight is 255 g/mol. The summed E-state index contributed by atoms with van der Waals surface area (Å²) < 4.78 is 28.8. The van der Waals surface area contributed by atoms with E-state index in [1.165, 1.54) is 12.3 Å². The highest BCUT2D eigenvalue weighted by Gasteiger charge is 2.20. The molecule has 1 aromatic heterocycles. The summed E-state index contributed by atoms with van der Waals surface area (Å²) in [4.78, 5) is 15.0. The molecule has 1 atom stereocenters. The van der Waals surface area contributed by atoms with E-state index < -0.39 is 11.9 Å². The van der Waals surface area contributed by atoms with Crippen LogP contribution >= 0.6 is 0 Å². The third kappa shape index (κ3) is 2.95. The summed E-state index contributed by atoms with van der Waals surface area (Å²) in [7, 11) is 0. The number of hydrogen-bond acceptors (Lipinski definition) is 5. The van der Waals surface area contributed by atoms with Gasteiger partial charge in [-0.2, -0.15) is 4.39 Å². The Hall–Kier alpha value is -1.69. The Morgan fingerprint density at radius 3 is 3.17 bits per heavy atom. The Labute approximate surface area is 104 Å². The quantitative estimate of drug-likeness (QED) is 0.603. The fraction of sp³-hybridized carbons (Fsp3) is 0.500. The number of carbonyl (C=O) groups is 1. The summed E-state index contributed by atoms with van der Waals surface area (Å²) in [6.45, 7) is 2.97. The van der Waals surface area contributed by atoms with Crippen molar-refractivity contribution in [2.45, 2.75) is 19.4 Å². The van der Waals surface area contributed by atoms with Crippen LogP contribution in [-0.4, -0.2) is 36.9 Å². The number of esters is 1. The fourth-order valence-corrected chi connectivity index (χ4v) is 1.64. The van der Waals surface area contributed by atoms with Crippen LogP contribution in [0.15, 0.2) is 12.3 Å². The lowest BCUT2D eigenvalue weighted by Gasteiger charge is -2.12. The van der Waals surface area contributed by atoms with E-state index >= 15 is 0 Å². The van der Waals surface area contributed by atoms with Gasteiger partial charge in [0.15, 0.2) is 0 Å². The Kier molecular flexibility index (Phi) is 4.09. The van der Waals surface area contributed by atoms with E-state index in [0.717, 1.165) is 6.42 Å². The highest BCUT2D eigenvalue weighted by Crippen LogP contribution is 2.19. The average Bonchev–Trinajstić information content (AvgIpc) is 2.84. The minimum absolute atomic E-state index is 0.0766. The second kappa shape index (κ2) is 5.77. The highest BCUT2D eigenvalue weighted by molar-refractivity contribution is 5.89. The molecular weight excluding hydrogens is 241 g/mol. The lowest BCUT2D eigenvalue weighted by atomic mass is 10.2. The van der Waals surface area contributed by atoms with E-state index in [2.05, 4.69) is 4.98 Å². The van der Waals surface area contributed by atoms with Gasteiger partial charge in [0.2, 0.25) is 5.95 Å². The van der Waals surface area contributed by atoms with Crippen LogP contribution in [0.2, 0.25) is 0 Å². The number of hydrogen-bond donors (Lipinski definition) is 0. The lowest BCUT2D eigenvalue weighted by Crippen LogP contribution is -2.17. The number of nitrogens with zero attached hydrogens (tertiary/aromatic N) is 1. The van der Waals surface area contributed by atoms with Crippen LogP contribution in [0.25, 0.3) is 0 Å². The molecule has 0 amide bonds. The molecule has 2 heterocycles. The van der Waals surface area contributed by atoms with Crippen LogP contribution in [0.1, 0.15) is 23.7 Å². The van der Waals surface area contributed by atoms with Gasteiger partial charge < -0.3 is 14.2 Å². The molecule has 6 heteroatoms. The van der Waals surface area contributed by atoms with Crippen LogP contribution in [0.4, 0.5) is 4.39 Å². The van der Waals surface area contributed by atoms with Crippen LogP contribution in [0, 0.1) is 5.95 Å². The van der Waals surface area contributed by atoms with E-state index in [4.69, 9.17) is 14.2 Å². The van der Waals surface area contributed by atoms with Gasteiger partial charge in [0.05, 0.1) is 26.0 Å². The molecule has 0 saturated carbocycles. The summed E-state index contributed by atoms with van der Waals surface area (Å²) in [5.74, 6) is -1.26. The summed E-state index contributed by atoms with van der Waals surface area (Å²) in [6.07, 6.45) is 1.94. The Balaban J connectivity index is 2.12. The first-order valence-corrected chi connectivity index (χ1v) is 5.77. The molecule has 0 unspecified atom stereocenters. The fourth-order valence-electron chi connectivity index (χ4n) is 1.64. The van der Waals surface area contributed by atoms with Gasteiger partial charge in [-0.25, -0.2) is 9.78 Å². The molecular formula is C12H14FNO4. The highest BCUT2D eigenvalue weighted by atomic mass is 19.1. The van der Waals surface area contributed by atoms with E-state index in [1.807, 2.05) is 0 Å². The van der Waals surface area contributed by atoms with Gasteiger partial charge in [-0.15, -0.1) is 0 Å². The van der Waals surface area contributed by atoms with Crippen LogP contribution in [0.5, 0.6) is 5.75 Å². The molecule has 1 fully saturated rings. The van der Waals surface area contributed by atoms with E-state index in [0.29, 0.717) is 19.0 Å². The molecule has 2 rings (SSSR count). The van der Waals surface area contributed by atoms with Crippen molar-refractivity contribution in [1.29, 1.82) is 0 Å². The molecule has 1 aliphatic heterocycles. The zero-order chi connectivity index (χ0) is 13.0. The van der Waals surface area contributed by atoms with Crippen molar-refractivity contribution in [1.82, 2.24) is 4.98 Å². The first kappa shape index (κ1) is 12.8. The minimum atomic E-state index is -0.858. The van der Waals surface area contributed by atoms with Gasteiger partial charge in [-0.3, -0.25) is 0 Å². The SMILES string of the molecule is CCOC(=O)c1cc(O[C@@H]2CCOC2)cnc1F. The molecule has 0 N–H and O–H groups in total. The number of aromatic nitrogens is 1. The maximum absolute atomic E-state index is 13.4. The normalized spacial score (nSPS) is 18.7. The predicted octanol–water partition coefficient (Wildman–Crippen LogP) is 1.57. The third-order valence-electron chi connectivity index (χ3n) is 2.50. The van der Waals surface area contributed by atoms with Crippen molar-refractivity contribution < 1.29 is 23.4 Å². The van der Waals surface area contributed by atoms with Crippen LogP contribution < -0.4 is 4.74 Å². The standard InChI is InChI=1S/C12H14FNO4/c1-2-17-12(15)10-5-9(6-14-11(10)13)18-8-3-4-16-7-8/h5-6,8H,2-4,7H2,1H3/t8-/m1/s1. The topological polar surface area (TPSA) is 57.7 Å². The predicted molar refractivity (Wildman–Crippen MR) is 60.0 cm³/mol. The minimum Gasteiger partial charge on any atom is -0.486 e. The summed E-state index contributed by atoms with van der Waals surface area (Å²) >= 11 is 0. The Morgan fingerprint density at radius 1 is 1.67 bits per heavy atom. The number of carbonyl (C=O) groups excluding carboxylic acids is 1. The molecule has 0 radical (unpaired) electrons. The number of ether oxygens (including phenoxy) is 3. The summed E-state index contributed by atoms with van der Waals surface area (Å²) in [5.41, 5.74) is -0.215. The van der Waals surface area contributed by atoms with Gasteiger partial charge in [-0.05, 0) is 6.92 Å². The largest absolute Gasteiger partial charge is 0.486 e. The van der Waals surface area contributed by atoms with Crippen molar-refractivity contribution in [2.24, 2.45) is 0 Å². The Bertz CT molecular complexity index is 432. The second-order valence-corrected chi connectivity index (χ2v) is 3.83. The summed E-state index contributed by atoms with van der Waals surface area (Å²) in [6, 6.07) is 1.30. The second-order valence-electron chi connectivity index (χ2n) is 3.83. The van der Waals surface area contributed by atoms with Crippen LogP contribution in [0.3, 0.4) is 0 Å². The van der Waals surface area contributed by atoms with E-state index in [9.17, 15) is 9.18 Å². The Morgan fingerprint density at radius 2 is 2.50 bits per heavy atom. The molecule has 0 aliphatic carbocycles. The van der Waals surface area contributed by atoms with E-state index in [1.54, 1.807) is 6.92 Å². The summed E-state index contributed by atoms with van der Waals surface area (Å²) in [5, 5.41) is 0. The number of halogens is 1. The zero-order valence-corrected chi connectivity index (χ0v) is 10.0. The maximum atomic E-state index is 13.4. The molecule has 1 saturated heterocycles. The molecule has 0 aromatic carbocycles. The lowest BCUT2D eigenvalue weighted by molar-refractivity contribution is 0.0518. The van der Waals surface area contributed by atoms with Crippen molar-refractivity contribution in [3.05, 3.63) is 23.8 Å². The van der Waals surface area contributed by atoms with Crippen molar-refractivity contribution in [3.63, 3.8) is 0 Å². The molecule has 5 nitrogen and oxygen atoms in total. The third-order valence-corrected chi connectivity index (χ3v) is 2.50.